The first-order chi connectivity index (χ1) is 23.8. The summed E-state index contributed by atoms with van der Waals surface area (Å²) < 4.78 is 23.7. The molecule has 248 valence electrons. The van der Waals surface area contributed by atoms with Crippen molar-refractivity contribution in [3.05, 3.63) is 95.6 Å². The van der Waals surface area contributed by atoms with E-state index in [2.05, 4.69) is 20.2 Å². The van der Waals surface area contributed by atoms with Crippen LogP contribution < -0.4 is 15.8 Å². The molecule has 0 radical (unpaired) electrons. The Labute approximate surface area is 280 Å². The minimum atomic E-state index is -0.785. The molecule has 5 aromatic rings. The van der Waals surface area contributed by atoms with Gasteiger partial charge in [-0.1, -0.05) is 24.3 Å². The van der Waals surface area contributed by atoms with Crippen LogP contribution in [0.5, 0.6) is 11.5 Å². The fourth-order valence-corrected chi connectivity index (χ4v) is 7.10. The topological polar surface area (TPSA) is 149 Å². The zero-order valence-corrected chi connectivity index (χ0v) is 26.5. The number of benzene rings is 3. The van der Waals surface area contributed by atoms with Crippen LogP contribution in [0.1, 0.15) is 53.2 Å². The highest BCUT2D eigenvalue weighted by Crippen LogP contribution is 2.36. The highest BCUT2D eigenvalue weighted by atomic mass is 19.1. The maximum Gasteiger partial charge on any atom is 0.255 e. The van der Waals surface area contributed by atoms with E-state index in [1.165, 1.54) is 11.2 Å². The molecule has 1 unspecified atom stereocenters. The largest absolute Gasteiger partial charge is 0.457 e. The average molecular weight is 661 g/mol. The van der Waals surface area contributed by atoms with Crippen LogP contribution >= 0.6 is 0 Å². The van der Waals surface area contributed by atoms with Crippen molar-refractivity contribution in [2.45, 2.75) is 50.9 Å². The average Bonchev–Trinajstić information content (AvgIpc) is 3.66. The van der Waals surface area contributed by atoms with E-state index in [1.54, 1.807) is 12.1 Å². The Morgan fingerprint density at radius 2 is 1.67 bits per heavy atom. The fraction of sp³-hybridized carbons (Fsp3) is 0.278. The van der Waals surface area contributed by atoms with Crippen molar-refractivity contribution >= 4 is 34.6 Å². The molecule has 0 saturated carbocycles. The van der Waals surface area contributed by atoms with E-state index in [-0.39, 0.29) is 42.8 Å². The summed E-state index contributed by atoms with van der Waals surface area (Å²) in [5.41, 5.74) is 9.67. The van der Waals surface area contributed by atoms with E-state index < -0.39 is 17.8 Å². The van der Waals surface area contributed by atoms with E-state index in [0.29, 0.717) is 59.1 Å². The van der Waals surface area contributed by atoms with Crippen LogP contribution in [0.2, 0.25) is 0 Å². The van der Waals surface area contributed by atoms with E-state index >= 15 is 4.39 Å². The molecule has 0 aliphatic carbocycles. The molecule has 2 fully saturated rings. The minimum Gasteiger partial charge on any atom is -0.457 e. The van der Waals surface area contributed by atoms with Gasteiger partial charge in [0.2, 0.25) is 11.8 Å². The second-order valence-corrected chi connectivity index (χ2v) is 12.7. The molecule has 13 heteroatoms. The Morgan fingerprint density at radius 3 is 2.43 bits per heavy atom. The van der Waals surface area contributed by atoms with Crippen molar-refractivity contribution in [1.82, 2.24) is 34.9 Å². The monoisotopic (exact) mass is 660 g/mol. The quantitative estimate of drug-likeness (QED) is 0.239. The molecule has 2 aromatic heterocycles. The lowest BCUT2D eigenvalue weighted by molar-refractivity contribution is -0.136. The number of fused-ring (bicyclic) bond motifs is 2. The molecular weight excluding hydrogens is 627 g/mol. The number of aromatic nitrogens is 4. The van der Waals surface area contributed by atoms with Crippen LogP contribution in [0.4, 0.5) is 10.2 Å². The summed E-state index contributed by atoms with van der Waals surface area (Å²) in [6, 6.07) is 19.8. The van der Waals surface area contributed by atoms with E-state index in [1.807, 2.05) is 59.3 Å². The van der Waals surface area contributed by atoms with E-state index in [9.17, 15) is 14.4 Å². The molecule has 1 atom stereocenters. The lowest BCUT2D eigenvalue weighted by Gasteiger charge is -2.32. The van der Waals surface area contributed by atoms with Crippen LogP contribution in [-0.4, -0.2) is 66.4 Å². The third kappa shape index (κ3) is 5.65. The number of halogens is 1. The molecule has 0 bridgehead atoms. The summed E-state index contributed by atoms with van der Waals surface area (Å²) in [5.74, 6) is 0.128. The van der Waals surface area contributed by atoms with Gasteiger partial charge in [0.05, 0.1) is 18.0 Å². The molecule has 49 heavy (non-hydrogen) atoms. The standard InChI is InChI=1S/C36H33FN8O4/c37-31-22(8-11-26-27(31)19-44(36(26)48)28-12-13-29(46)41-35(28)47)18-43-16-14-23(15-17-43)45-34-30(33(38)39-20-40-34)32(42-45)21-6-9-25(10-7-21)49-24-4-2-1-3-5-24/h1-11,20,23,28H,12-19H2,(H2,38,39,40)(H,41,46,47). The number of carbonyl (C=O) groups is 3. The van der Waals surface area contributed by atoms with Crippen LogP contribution in [0.25, 0.3) is 22.3 Å². The minimum absolute atomic E-state index is 0.00463. The van der Waals surface area contributed by atoms with Gasteiger partial charge >= 0.3 is 0 Å². The number of rotatable bonds is 7. The van der Waals surface area contributed by atoms with Gasteiger partial charge in [0, 0.05) is 48.3 Å². The SMILES string of the molecule is Nc1ncnc2c1c(-c1ccc(Oc3ccccc3)cc1)nn2C1CCN(Cc2ccc3c(c2F)CN(C2CCC(=O)NC2=O)C3=O)CC1. The van der Waals surface area contributed by atoms with Crippen LogP contribution in [0.3, 0.4) is 0 Å². The Bertz CT molecular complexity index is 2090. The normalized spacial score (nSPS) is 18.6. The van der Waals surface area contributed by atoms with Crippen LogP contribution in [0.15, 0.2) is 73.1 Å². The summed E-state index contributed by atoms with van der Waals surface area (Å²) in [7, 11) is 0. The third-order valence-corrected chi connectivity index (χ3v) is 9.65. The first-order valence-electron chi connectivity index (χ1n) is 16.3. The number of nitrogens with one attached hydrogen (secondary N) is 1. The number of anilines is 1. The molecule has 8 rings (SSSR count). The molecule has 3 N–H and O–H groups in total. The zero-order chi connectivity index (χ0) is 33.6. The predicted octanol–water partition coefficient (Wildman–Crippen LogP) is 4.61. The van der Waals surface area contributed by atoms with Crippen LogP contribution in [0, 0.1) is 5.82 Å². The van der Waals surface area contributed by atoms with Gasteiger partial charge in [-0.2, -0.15) is 5.10 Å². The van der Waals surface area contributed by atoms with Crippen molar-refractivity contribution in [3.8, 4) is 22.8 Å². The molecular formula is C36H33FN8O4. The predicted molar refractivity (Wildman–Crippen MR) is 178 cm³/mol. The van der Waals surface area contributed by atoms with Crippen molar-refractivity contribution in [2.75, 3.05) is 18.8 Å². The Kier molecular flexibility index (Phi) is 7.75. The van der Waals surface area contributed by atoms with Crippen molar-refractivity contribution < 1.29 is 23.5 Å². The highest BCUT2D eigenvalue weighted by molar-refractivity contribution is 6.05. The number of piperidine rings is 2. The van der Waals surface area contributed by atoms with E-state index in [4.69, 9.17) is 15.6 Å². The third-order valence-electron chi connectivity index (χ3n) is 9.65. The van der Waals surface area contributed by atoms with Gasteiger partial charge in [-0.3, -0.25) is 24.6 Å². The number of amides is 3. The van der Waals surface area contributed by atoms with Gasteiger partial charge in [-0.25, -0.2) is 19.0 Å². The zero-order valence-electron chi connectivity index (χ0n) is 26.5. The van der Waals surface area contributed by atoms with Crippen molar-refractivity contribution in [3.63, 3.8) is 0 Å². The number of nitrogens with zero attached hydrogens (tertiary/aromatic N) is 6. The smallest absolute Gasteiger partial charge is 0.255 e. The molecule has 3 aliphatic heterocycles. The number of carbonyl (C=O) groups excluding carboxylic acids is 3. The highest BCUT2D eigenvalue weighted by Gasteiger charge is 2.40. The second-order valence-electron chi connectivity index (χ2n) is 12.7. The second kappa shape index (κ2) is 12.4. The Hall–Kier alpha value is -5.69. The number of para-hydroxylation sites is 1. The van der Waals surface area contributed by atoms with Gasteiger partial charge in [0.25, 0.3) is 5.91 Å². The lowest BCUT2D eigenvalue weighted by Crippen LogP contribution is -2.52. The molecule has 2 saturated heterocycles. The number of ether oxygens (including phenoxy) is 1. The lowest BCUT2D eigenvalue weighted by atomic mass is 10.0. The number of nitrogen functional groups attached to an aromatic ring is 1. The summed E-state index contributed by atoms with van der Waals surface area (Å²) in [4.78, 5) is 49.5. The fourth-order valence-electron chi connectivity index (χ4n) is 7.10. The molecule has 3 aromatic carbocycles. The molecule has 12 nitrogen and oxygen atoms in total. The molecule has 0 spiro atoms. The Balaban J connectivity index is 0.966. The maximum atomic E-state index is 15.8. The van der Waals surface area contributed by atoms with Crippen molar-refractivity contribution in [1.29, 1.82) is 0 Å². The number of hydrogen-bond donors (Lipinski definition) is 2. The number of imide groups is 1. The number of likely N-dealkylation sites (tertiary alicyclic amines) is 1. The maximum absolute atomic E-state index is 15.8. The van der Waals surface area contributed by atoms with Gasteiger partial charge in [-0.15, -0.1) is 0 Å². The van der Waals surface area contributed by atoms with Crippen LogP contribution in [-0.2, 0) is 22.7 Å². The summed E-state index contributed by atoms with van der Waals surface area (Å²) in [6.07, 6.45) is 3.36. The summed E-state index contributed by atoms with van der Waals surface area (Å²) in [6.45, 7) is 1.79. The molecule has 3 aliphatic rings. The van der Waals surface area contributed by atoms with Gasteiger partial charge in [0.15, 0.2) is 5.65 Å². The van der Waals surface area contributed by atoms with Gasteiger partial charge < -0.3 is 15.4 Å². The Morgan fingerprint density at radius 1 is 0.918 bits per heavy atom. The number of hydrogen-bond acceptors (Lipinski definition) is 9. The van der Waals surface area contributed by atoms with Gasteiger partial charge in [-0.05, 0) is 61.7 Å². The van der Waals surface area contributed by atoms with Gasteiger partial charge in [0.1, 0.15) is 41.2 Å². The summed E-state index contributed by atoms with van der Waals surface area (Å²) in [5, 5.41) is 7.99. The summed E-state index contributed by atoms with van der Waals surface area (Å²) >= 11 is 0. The first kappa shape index (κ1) is 30.6. The van der Waals surface area contributed by atoms with Crippen molar-refractivity contribution in [2.24, 2.45) is 0 Å². The molecule has 5 heterocycles. The first-order valence-corrected chi connectivity index (χ1v) is 16.3. The number of nitrogens with two attached hydrogens (primary N) is 1. The molecule has 3 amide bonds. The van der Waals surface area contributed by atoms with E-state index in [0.717, 1.165) is 24.2 Å².